The van der Waals surface area contributed by atoms with Gasteiger partial charge >= 0.3 is 6.41 Å². The first-order valence-corrected chi connectivity index (χ1v) is 4.28. The third-order valence-corrected chi connectivity index (χ3v) is 2.16. The molecule has 0 spiro atoms. The molecule has 5 heteroatoms. The zero-order valence-corrected chi connectivity index (χ0v) is 8.82. The molecule has 0 radical (unpaired) electrons. The van der Waals surface area contributed by atoms with E-state index in [1.54, 1.807) is 33.2 Å². The predicted molar refractivity (Wildman–Crippen MR) is 50.7 cm³/mol. The Morgan fingerprint density at radius 3 is 2.46 bits per heavy atom. The second kappa shape index (κ2) is 5.29. The summed E-state index contributed by atoms with van der Waals surface area (Å²) in [6.07, 6.45) is 0.307. The topological polar surface area (TPSA) is 52.6 Å². The number of nitrogens with one attached hydrogen (secondary N) is 1. The van der Waals surface area contributed by atoms with Crippen molar-refractivity contribution in [3.05, 3.63) is 0 Å². The van der Waals surface area contributed by atoms with Crippen LogP contribution in [0.1, 0.15) is 0 Å². The second-order valence-electron chi connectivity index (χ2n) is 3.56. The molecule has 0 rings (SSSR count). The third-order valence-electron chi connectivity index (χ3n) is 2.16. The molecule has 0 saturated heterocycles. The first-order chi connectivity index (χ1) is 5.96. The highest BCUT2D eigenvalue weighted by Crippen LogP contribution is 2.02. The third kappa shape index (κ3) is 3.82. The first kappa shape index (κ1) is 12.5. The lowest BCUT2D eigenvalue weighted by Crippen LogP contribution is -2.57. The van der Waals surface area contributed by atoms with E-state index in [2.05, 4.69) is 5.32 Å². The molecule has 5 nitrogen and oxygen atoms in total. The van der Waals surface area contributed by atoms with E-state index < -0.39 is 6.10 Å². The quantitative estimate of drug-likeness (QED) is 0.309. The van der Waals surface area contributed by atoms with Gasteiger partial charge < -0.3 is 10.4 Å². The molecule has 0 heterocycles. The largest absolute Gasteiger partial charge is 0.386 e. The molecule has 2 unspecified atom stereocenters. The van der Waals surface area contributed by atoms with Crippen LogP contribution in [0.3, 0.4) is 0 Å². The molecule has 78 valence electrons. The summed E-state index contributed by atoms with van der Waals surface area (Å²) >= 11 is 0. The number of carbonyl (C=O) groups excluding carboxylic acids is 1. The predicted octanol–water partition coefficient (Wildman–Crippen LogP) is -1.35. The molecular formula is C8H20N3O2+. The summed E-state index contributed by atoms with van der Waals surface area (Å²) < 4.78 is 0.0862. The van der Waals surface area contributed by atoms with E-state index in [9.17, 15) is 9.90 Å². The van der Waals surface area contributed by atoms with Gasteiger partial charge in [0.15, 0.2) is 0 Å². The fourth-order valence-electron chi connectivity index (χ4n) is 1.03. The van der Waals surface area contributed by atoms with Gasteiger partial charge in [-0.15, -0.1) is 0 Å². The molecule has 0 aromatic rings. The molecule has 0 aliphatic rings. The molecule has 13 heavy (non-hydrogen) atoms. The molecule has 0 fully saturated rings. The molecule has 2 N–H and O–H groups in total. The molecule has 2 atom stereocenters. The fraction of sp³-hybridized carbons (Fsp3) is 0.875. The van der Waals surface area contributed by atoms with E-state index in [4.69, 9.17) is 0 Å². The van der Waals surface area contributed by atoms with Crippen molar-refractivity contribution in [1.82, 2.24) is 10.3 Å². The highest BCUT2D eigenvalue weighted by molar-refractivity contribution is 5.36. The van der Waals surface area contributed by atoms with Crippen LogP contribution in [0.15, 0.2) is 0 Å². The number of likely N-dealkylation sites (N-methyl/N-ethyl adjacent to an activating group) is 2. The van der Waals surface area contributed by atoms with E-state index in [0.29, 0.717) is 13.1 Å². The van der Waals surface area contributed by atoms with Gasteiger partial charge in [-0.2, -0.15) is 9.60 Å². The summed E-state index contributed by atoms with van der Waals surface area (Å²) in [5.41, 5.74) is 0. The Bertz CT molecular complexity index is 163. The Balaban J connectivity index is 4.18. The van der Waals surface area contributed by atoms with Crippen LogP contribution < -0.4 is 5.32 Å². The number of hydrogen-bond donors (Lipinski definition) is 2. The standard InChI is InChI=1S/C8H20N3O2/c1-9-5-8(13)6-11(4,7-12)10(2)3/h7-9,13H,5-6H2,1-4H3/q+1. The lowest BCUT2D eigenvalue weighted by molar-refractivity contribution is -0.940. The lowest BCUT2D eigenvalue weighted by Gasteiger charge is -2.33. The molecule has 1 amide bonds. The summed E-state index contributed by atoms with van der Waals surface area (Å²) in [6.45, 7) is 0.882. The smallest absolute Gasteiger partial charge is 0.320 e. The summed E-state index contributed by atoms with van der Waals surface area (Å²) in [5.74, 6) is 0. The zero-order valence-electron chi connectivity index (χ0n) is 8.82. The average Bonchev–Trinajstić information content (AvgIpc) is 2.04. The minimum Gasteiger partial charge on any atom is -0.386 e. The Morgan fingerprint density at radius 2 is 2.15 bits per heavy atom. The van der Waals surface area contributed by atoms with Crippen LogP contribution in [0.4, 0.5) is 0 Å². The van der Waals surface area contributed by atoms with Crippen LogP contribution in [-0.4, -0.2) is 68.5 Å². The van der Waals surface area contributed by atoms with Gasteiger partial charge in [-0.25, -0.2) is 4.79 Å². The van der Waals surface area contributed by atoms with Crippen LogP contribution in [-0.2, 0) is 4.79 Å². The Morgan fingerprint density at radius 1 is 1.62 bits per heavy atom. The normalized spacial score (nSPS) is 18.3. The van der Waals surface area contributed by atoms with Crippen molar-refractivity contribution in [2.45, 2.75) is 6.10 Å². The molecule has 0 aromatic heterocycles. The Kier molecular flexibility index (Phi) is 5.09. The van der Waals surface area contributed by atoms with Gasteiger partial charge in [0.1, 0.15) is 12.6 Å². The molecule has 0 aliphatic carbocycles. The number of hydrogen-bond acceptors (Lipinski definition) is 4. The van der Waals surface area contributed by atoms with E-state index >= 15 is 0 Å². The van der Waals surface area contributed by atoms with Crippen LogP contribution in [0, 0.1) is 0 Å². The van der Waals surface area contributed by atoms with Crippen molar-refractivity contribution in [1.29, 1.82) is 0 Å². The van der Waals surface area contributed by atoms with E-state index in [1.165, 1.54) is 0 Å². The number of rotatable bonds is 6. The van der Waals surface area contributed by atoms with Crippen molar-refractivity contribution in [2.75, 3.05) is 41.3 Å². The van der Waals surface area contributed by atoms with Crippen molar-refractivity contribution in [3.8, 4) is 0 Å². The summed E-state index contributed by atoms with van der Waals surface area (Å²) in [5, 5.41) is 14.1. The molecule has 0 aliphatic heterocycles. The Labute approximate surface area is 79.5 Å². The summed E-state index contributed by atoms with van der Waals surface area (Å²) in [4.78, 5) is 10.8. The molecule has 0 aromatic carbocycles. The minimum atomic E-state index is -0.511. The van der Waals surface area contributed by atoms with Crippen molar-refractivity contribution in [2.24, 2.45) is 0 Å². The maximum atomic E-state index is 10.8. The van der Waals surface area contributed by atoms with Gasteiger partial charge in [-0.1, -0.05) is 0 Å². The van der Waals surface area contributed by atoms with E-state index in [1.807, 2.05) is 0 Å². The SMILES string of the molecule is CNCC(O)C[N+](C)(C=O)N(C)C. The van der Waals surface area contributed by atoms with Crippen molar-refractivity contribution in [3.63, 3.8) is 0 Å². The fourth-order valence-corrected chi connectivity index (χ4v) is 1.03. The molecule has 0 saturated carbocycles. The number of quaternary nitrogens is 1. The van der Waals surface area contributed by atoms with Gasteiger partial charge in [-0.3, -0.25) is 0 Å². The average molecular weight is 190 g/mol. The Hall–Kier alpha value is -0.490. The zero-order chi connectivity index (χ0) is 10.5. The lowest BCUT2D eigenvalue weighted by atomic mass is 10.3. The van der Waals surface area contributed by atoms with Crippen LogP contribution in [0.2, 0.25) is 0 Å². The van der Waals surface area contributed by atoms with Crippen molar-refractivity contribution < 1.29 is 14.5 Å². The summed E-state index contributed by atoms with van der Waals surface area (Å²) in [6, 6.07) is 0. The van der Waals surface area contributed by atoms with Crippen LogP contribution >= 0.6 is 0 Å². The van der Waals surface area contributed by atoms with E-state index in [-0.39, 0.29) is 4.59 Å². The van der Waals surface area contributed by atoms with Crippen molar-refractivity contribution >= 4 is 6.41 Å². The number of nitrogens with zero attached hydrogens (tertiary/aromatic N) is 2. The number of aliphatic hydroxyl groups is 1. The summed E-state index contributed by atoms with van der Waals surface area (Å²) in [7, 11) is 7.14. The maximum absolute atomic E-state index is 10.8. The maximum Gasteiger partial charge on any atom is 0.320 e. The van der Waals surface area contributed by atoms with Gasteiger partial charge in [-0.05, 0) is 7.05 Å². The van der Waals surface area contributed by atoms with E-state index in [0.717, 1.165) is 6.41 Å². The monoisotopic (exact) mass is 190 g/mol. The molecular weight excluding hydrogens is 170 g/mol. The number of aliphatic hydroxyl groups excluding tert-OH is 1. The highest BCUT2D eigenvalue weighted by Gasteiger charge is 2.27. The number of carbonyl (C=O) groups is 1. The van der Waals surface area contributed by atoms with Gasteiger partial charge in [0, 0.05) is 20.6 Å². The second-order valence-corrected chi connectivity index (χ2v) is 3.56. The highest BCUT2D eigenvalue weighted by atomic mass is 16.3. The minimum absolute atomic E-state index is 0.0862. The van der Waals surface area contributed by atoms with Gasteiger partial charge in [0.25, 0.3) is 0 Å². The van der Waals surface area contributed by atoms with Gasteiger partial charge in [0.2, 0.25) is 0 Å². The first-order valence-electron chi connectivity index (χ1n) is 4.28. The molecule has 0 bridgehead atoms. The van der Waals surface area contributed by atoms with Crippen LogP contribution in [0.5, 0.6) is 0 Å². The van der Waals surface area contributed by atoms with Crippen LogP contribution in [0.25, 0.3) is 0 Å². The number of amides is 1. The van der Waals surface area contributed by atoms with Gasteiger partial charge in [0.05, 0.1) is 7.05 Å².